The number of carboxylic acids is 1. The van der Waals surface area contributed by atoms with Crippen molar-refractivity contribution in [1.29, 1.82) is 0 Å². The summed E-state index contributed by atoms with van der Waals surface area (Å²) in [6, 6.07) is 12.9. The summed E-state index contributed by atoms with van der Waals surface area (Å²) in [5, 5.41) is 9.57. The summed E-state index contributed by atoms with van der Waals surface area (Å²) in [5.74, 6) is 0.894. The summed E-state index contributed by atoms with van der Waals surface area (Å²) in [4.78, 5) is 30.5. The number of likely N-dealkylation sites (tertiary alicyclic amines) is 1. The fraction of sp³-hybridized carbons (Fsp3) is 0.545. The number of nitrogens with zero attached hydrogens (tertiary/aromatic N) is 3. The van der Waals surface area contributed by atoms with E-state index in [1.54, 1.807) is 6.07 Å². The first-order valence-corrected chi connectivity index (χ1v) is 15.5. The first-order chi connectivity index (χ1) is 19.4. The maximum Gasteiger partial charge on any atom is 0.306 e. The van der Waals surface area contributed by atoms with Gasteiger partial charge in [-0.2, -0.15) is 4.98 Å². The van der Waals surface area contributed by atoms with E-state index in [2.05, 4.69) is 34.7 Å². The molecule has 1 N–H and O–H groups in total. The number of carbonyl (C=O) groups is 1. The van der Waals surface area contributed by atoms with Crippen molar-refractivity contribution in [2.24, 2.45) is 5.92 Å². The van der Waals surface area contributed by atoms with Crippen LogP contribution in [0.5, 0.6) is 0 Å². The number of carboxylic acid groups (broad SMARTS) is 1. The molecule has 0 bridgehead atoms. The third kappa shape index (κ3) is 4.87. The van der Waals surface area contributed by atoms with Crippen molar-refractivity contribution in [3.63, 3.8) is 0 Å². The number of fused-ring (bicyclic) bond motifs is 7. The second-order valence-corrected chi connectivity index (χ2v) is 12.8. The van der Waals surface area contributed by atoms with E-state index in [1.165, 1.54) is 55.3 Å². The van der Waals surface area contributed by atoms with Crippen LogP contribution in [0.15, 0.2) is 41.2 Å². The molecular weight excluding hydrogens is 522 g/mol. The standard InChI is InChI=1S/C26H28ClN3O.C7H12O2/c1-29-14-10-17(11-15-29)18-8-9-19-22(16-18)30-21-7-5-6-20(27)23(21)24(31)28-25(30)26(19)12-3-2-4-13-26;8-7(9)6-4-2-1-3-5-6/h5-9,16-17H,2-4,10-15H2,1H3;6H,1-5H2,(H,8,9). The summed E-state index contributed by atoms with van der Waals surface area (Å²) in [6.45, 7) is 2.30. The molecular formula is C33H40ClN3O3. The van der Waals surface area contributed by atoms with E-state index >= 15 is 0 Å². The van der Waals surface area contributed by atoms with Gasteiger partial charge in [0.15, 0.2) is 0 Å². The molecule has 3 heterocycles. The van der Waals surface area contributed by atoms with Crippen molar-refractivity contribution < 1.29 is 9.90 Å². The lowest BCUT2D eigenvalue weighted by molar-refractivity contribution is -0.142. The zero-order chi connectivity index (χ0) is 27.9. The Balaban J connectivity index is 0.000000276. The molecule has 1 aromatic heterocycles. The highest BCUT2D eigenvalue weighted by molar-refractivity contribution is 6.35. The van der Waals surface area contributed by atoms with Crippen LogP contribution < -0.4 is 5.56 Å². The fourth-order valence-corrected chi connectivity index (χ4v) is 7.89. The highest BCUT2D eigenvalue weighted by atomic mass is 35.5. The van der Waals surface area contributed by atoms with Crippen LogP contribution >= 0.6 is 11.6 Å². The van der Waals surface area contributed by atoms with Crippen molar-refractivity contribution in [1.82, 2.24) is 14.5 Å². The molecule has 7 heteroatoms. The zero-order valence-corrected chi connectivity index (χ0v) is 24.3. The molecule has 3 fully saturated rings. The molecule has 0 atom stereocenters. The van der Waals surface area contributed by atoms with Crippen LogP contribution in [0.3, 0.4) is 0 Å². The minimum absolute atomic E-state index is 0.0289. The molecule has 3 aromatic rings. The van der Waals surface area contributed by atoms with Gasteiger partial charge >= 0.3 is 5.97 Å². The molecule has 2 aliphatic heterocycles. The summed E-state index contributed by atoms with van der Waals surface area (Å²) >= 11 is 6.48. The lowest BCUT2D eigenvalue weighted by atomic mass is 9.69. The lowest BCUT2D eigenvalue weighted by Crippen LogP contribution is -2.32. The maximum absolute atomic E-state index is 13.1. The van der Waals surface area contributed by atoms with Crippen LogP contribution in [0.1, 0.15) is 99.9 Å². The molecule has 0 unspecified atom stereocenters. The number of aromatic nitrogens is 2. The normalized spacial score (nSPS) is 21.1. The monoisotopic (exact) mass is 561 g/mol. The van der Waals surface area contributed by atoms with Gasteiger partial charge in [0, 0.05) is 0 Å². The van der Waals surface area contributed by atoms with Gasteiger partial charge in [-0.25, -0.2) is 0 Å². The average molecular weight is 562 g/mol. The summed E-state index contributed by atoms with van der Waals surface area (Å²) < 4.78 is 2.27. The highest BCUT2D eigenvalue weighted by Gasteiger charge is 2.46. The largest absolute Gasteiger partial charge is 0.481 e. The van der Waals surface area contributed by atoms with E-state index in [1.807, 2.05) is 12.1 Å². The Kier molecular flexibility index (Phi) is 7.75. The number of halogens is 1. The first kappa shape index (κ1) is 27.5. The molecule has 7 rings (SSSR count). The molecule has 40 heavy (non-hydrogen) atoms. The zero-order valence-electron chi connectivity index (χ0n) is 23.5. The summed E-state index contributed by atoms with van der Waals surface area (Å²) in [7, 11) is 2.21. The van der Waals surface area contributed by atoms with Crippen LogP contribution in [-0.4, -0.2) is 45.7 Å². The van der Waals surface area contributed by atoms with Gasteiger partial charge in [-0.05, 0) is 93.9 Å². The number of hydrogen-bond acceptors (Lipinski definition) is 4. The van der Waals surface area contributed by atoms with Gasteiger partial charge < -0.3 is 10.0 Å². The van der Waals surface area contributed by atoms with Crippen LogP contribution in [0.4, 0.5) is 0 Å². The van der Waals surface area contributed by atoms with Crippen LogP contribution in [0.25, 0.3) is 16.6 Å². The molecule has 0 amide bonds. The summed E-state index contributed by atoms with van der Waals surface area (Å²) in [5.41, 5.74) is 4.54. The smallest absolute Gasteiger partial charge is 0.306 e. The minimum Gasteiger partial charge on any atom is -0.481 e. The molecule has 1 spiro atoms. The van der Waals surface area contributed by atoms with Crippen molar-refractivity contribution in [3.05, 3.63) is 68.7 Å². The molecule has 2 aromatic carbocycles. The van der Waals surface area contributed by atoms with Gasteiger partial charge in [0.1, 0.15) is 5.82 Å². The molecule has 0 radical (unpaired) electrons. The Hall–Kier alpha value is -2.70. The molecule has 2 saturated carbocycles. The van der Waals surface area contributed by atoms with E-state index < -0.39 is 5.97 Å². The Bertz CT molecular complexity index is 1460. The van der Waals surface area contributed by atoms with Crippen molar-refractivity contribution in [2.75, 3.05) is 20.1 Å². The van der Waals surface area contributed by atoms with Gasteiger partial charge in [0.05, 0.1) is 32.9 Å². The lowest BCUT2D eigenvalue weighted by Gasteiger charge is -2.34. The predicted molar refractivity (Wildman–Crippen MR) is 160 cm³/mol. The average Bonchev–Trinajstić information content (AvgIpc) is 3.23. The van der Waals surface area contributed by atoms with Gasteiger partial charge in [0.25, 0.3) is 5.56 Å². The van der Waals surface area contributed by atoms with Gasteiger partial charge in [-0.1, -0.05) is 68.3 Å². The molecule has 1 saturated heterocycles. The third-order valence-electron chi connectivity index (χ3n) is 9.92. The quantitative estimate of drug-likeness (QED) is 0.362. The van der Waals surface area contributed by atoms with E-state index in [0.29, 0.717) is 16.3 Å². The Labute approximate surface area is 241 Å². The molecule has 6 nitrogen and oxygen atoms in total. The first-order valence-electron chi connectivity index (χ1n) is 15.2. The molecule has 2 aliphatic carbocycles. The topological polar surface area (TPSA) is 75.4 Å². The molecule has 212 valence electrons. The molecule has 4 aliphatic rings. The SMILES string of the molecule is CN1CCC(c2ccc3c(c2)-n2c(nc(=O)c4c(Cl)cccc42)C32CCCCC2)CC1.O=C(O)C1CCCCC1. The Morgan fingerprint density at radius 2 is 1.68 bits per heavy atom. The van der Waals surface area contributed by atoms with Crippen LogP contribution in [0.2, 0.25) is 5.02 Å². The highest BCUT2D eigenvalue weighted by Crippen LogP contribution is 2.52. The van der Waals surface area contributed by atoms with E-state index in [0.717, 1.165) is 63.0 Å². The predicted octanol–water partition coefficient (Wildman–Crippen LogP) is 7.06. The third-order valence-corrected chi connectivity index (χ3v) is 10.2. The number of hydrogen-bond donors (Lipinski definition) is 1. The van der Waals surface area contributed by atoms with E-state index in [-0.39, 0.29) is 16.9 Å². The van der Waals surface area contributed by atoms with Crippen molar-refractivity contribution in [2.45, 2.75) is 88.4 Å². The second-order valence-electron chi connectivity index (χ2n) is 12.4. The summed E-state index contributed by atoms with van der Waals surface area (Å²) in [6.07, 6.45) is 13.4. The number of benzene rings is 2. The van der Waals surface area contributed by atoms with Gasteiger partial charge in [-0.3, -0.25) is 14.2 Å². The number of piperidine rings is 1. The Morgan fingerprint density at radius 3 is 2.35 bits per heavy atom. The van der Waals surface area contributed by atoms with E-state index in [9.17, 15) is 9.59 Å². The number of rotatable bonds is 2. The van der Waals surface area contributed by atoms with Crippen molar-refractivity contribution >= 4 is 28.5 Å². The van der Waals surface area contributed by atoms with Gasteiger partial charge in [-0.15, -0.1) is 0 Å². The fourth-order valence-electron chi connectivity index (χ4n) is 7.64. The van der Waals surface area contributed by atoms with Crippen LogP contribution in [0, 0.1) is 5.92 Å². The van der Waals surface area contributed by atoms with Gasteiger partial charge in [0.2, 0.25) is 0 Å². The Morgan fingerprint density at radius 1 is 0.975 bits per heavy atom. The minimum atomic E-state index is -0.602. The maximum atomic E-state index is 13.1. The van der Waals surface area contributed by atoms with Crippen LogP contribution in [-0.2, 0) is 10.2 Å². The van der Waals surface area contributed by atoms with E-state index in [4.69, 9.17) is 21.7 Å². The van der Waals surface area contributed by atoms with Crippen molar-refractivity contribution in [3.8, 4) is 5.69 Å². The number of aliphatic carboxylic acids is 1. The second kappa shape index (κ2) is 11.3.